The van der Waals surface area contributed by atoms with E-state index in [2.05, 4.69) is 5.32 Å². The van der Waals surface area contributed by atoms with Crippen LogP contribution >= 0.6 is 23.4 Å². The Hall–Kier alpha value is -1.20. The molecule has 0 aliphatic carbocycles. The first-order valence-electron chi connectivity index (χ1n) is 5.43. The summed E-state index contributed by atoms with van der Waals surface area (Å²) in [7, 11) is 1.48. The van der Waals surface area contributed by atoms with Crippen molar-refractivity contribution >= 4 is 34.4 Å². The number of hydrogen-bond acceptors (Lipinski definition) is 4. The Kier molecular flexibility index (Phi) is 4.14. The predicted molar refractivity (Wildman–Crippen MR) is 71.3 cm³/mol. The second kappa shape index (κ2) is 5.63. The van der Waals surface area contributed by atoms with Crippen LogP contribution in [0.5, 0.6) is 5.75 Å². The number of carbonyl (C=O) groups is 2. The predicted octanol–water partition coefficient (Wildman–Crippen LogP) is 2.11. The van der Waals surface area contributed by atoms with Gasteiger partial charge in [-0.3, -0.25) is 9.59 Å². The molecular formula is C12H12ClNO3S. The van der Waals surface area contributed by atoms with Gasteiger partial charge >= 0.3 is 0 Å². The molecule has 0 saturated carbocycles. The Balaban J connectivity index is 2.17. The summed E-state index contributed by atoms with van der Waals surface area (Å²) in [5.74, 6) is 0.849. The smallest absolute Gasteiger partial charge is 0.255 e. The molecule has 1 aliphatic heterocycles. The topological polar surface area (TPSA) is 55.4 Å². The van der Waals surface area contributed by atoms with Crippen LogP contribution in [0.1, 0.15) is 16.8 Å². The van der Waals surface area contributed by atoms with Gasteiger partial charge in [0.2, 0.25) is 5.12 Å². The SMILES string of the molecule is COc1ccc(Cl)cc1C(=O)N[C@@H]1CCSC1=O. The molecule has 0 spiro atoms. The average Bonchev–Trinajstić information content (AvgIpc) is 2.75. The third kappa shape index (κ3) is 2.79. The van der Waals surface area contributed by atoms with Crippen molar-refractivity contribution in [1.82, 2.24) is 5.32 Å². The number of benzene rings is 1. The number of thioether (sulfide) groups is 1. The van der Waals surface area contributed by atoms with Gasteiger partial charge in [0.1, 0.15) is 5.75 Å². The Bertz CT molecular complexity index is 492. The largest absolute Gasteiger partial charge is 0.496 e. The number of nitrogens with one attached hydrogen (secondary N) is 1. The molecule has 1 N–H and O–H groups in total. The molecule has 0 radical (unpaired) electrons. The highest BCUT2D eigenvalue weighted by Crippen LogP contribution is 2.24. The molecule has 1 aromatic rings. The minimum Gasteiger partial charge on any atom is -0.496 e. The number of rotatable bonds is 3. The fourth-order valence-electron chi connectivity index (χ4n) is 1.72. The van der Waals surface area contributed by atoms with E-state index >= 15 is 0 Å². The summed E-state index contributed by atoms with van der Waals surface area (Å²) >= 11 is 7.10. The van der Waals surface area contributed by atoms with Crippen molar-refractivity contribution in [3.63, 3.8) is 0 Å². The van der Waals surface area contributed by atoms with Gasteiger partial charge in [0, 0.05) is 10.8 Å². The molecule has 4 nitrogen and oxygen atoms in total. The molecule has 1 fully saturated rings. The molecule has 0 aromatic heterocycles. The lowest BCUT2D eigenvalue weighted by atomic mass is 10.1. The zero-order valence-corrected chi connectivity index (χ0v) is 11.3. The summed E-state index contributed by atoms with van der Waals surface area (Å²) in [6.07, 6.45) is 0.665. The summed E-state index contributed by atoms with van der Waals surface area (Å²) in [5, 5.41) is 3.15. The van der Waals surface area contributed by atoms with Gasteiger partial charge in [0.15, 0.2) is 0 Å². The Labute approximate surface area is 114 Å². The Morgan fingerprint density at radius 3 is 2.94 bits per heavy atom. The van der Waals surface area contributed by atoms with Gasteiger partial charge < -0.3 is 10.1 Å². The number of methoxy groups -OCH3 is 1. The number of ether oxygens (including phenoxy) is 1. The first-order valence-corrected chi connectivity index (χ1v) is 6.79. The molecule has 1 atom stereocenters. The molecule has 1 saturated heterocycles. The van der Waals surface area contributed by atoms with Crippen molar-refractivity contribution in [3.8, 4) is 5.75 Å². The lowest BCUT2D eigenvalue weighted by Crippen LogP contribution is -2.37. The number of amides is 1. The average molecular weight is 286 g/mol. The minimum atomic E-state index is -0.411. The molecule has 2 rings (SSSR count). The van der Waals surface area contributed by atoms with E-state index in [1.807, 2.05) is 0 Å². The first-order chi connectivity index (χ1) is 8.61. The van der Waals surface area contributed by atoms with E-state index in [0.29, 0.717) is 22.8 Å². The summed E-state index contributed by atoms with van der Waals surface area (Å²) in [5.41, 5.74) is 0.342. The van der Waals surface area contributed by atoms with Crippen LogP contribution in [0.4, 0.5) is 0 Å². The summed E-state index contributed by atoms with van der Waals surface area (Å²) in [6, 6.07) is 4.39. The number of hydrogen-bond donors (Lipinski definition) is 1. The van der Waals surface area contributed by atoms with Gasteiger partial charge in [-0.2, -0.15) is 0 Å². The van der Waals surface area contributed by atoms with Crippen LogP contribution in [-0.2, 0) is 4.79 Å². The second-order valence-electron chi connectivity index (χ2n) is 3.83. The molecule has 1 aromatic carbocycles. The molecular weight excluding hydrogens is 274 g/mol. The van der Waals surface area contributed by atoms with Gasteiger partial charge in [0.05, 0.1) is 18.7 Å². The molecule has 18 heavy (non-hydrogen) atoms. The van der Waals surface area contributed by atoms with Gasteiger partial charge in [-0.15, -0.1) is 0 Å². The first kappa shape index (κ1) is 13.2. The third-order valence-electron chi connectivity index (χ3n) is 2.65. The third-order valence-corrected chi connectivity index (χ3v) is 3.89. The highest BCUT2D eigenvalue weighted by Gasteiger charge is 2.27. The Morgan fingerprint density at radius 1 is 1.56 bits per heavy atom. The van der Waals surface area contributed by atoms with Crippen molar-refractivity contribution in [2.24, 2.45) is 0 Å². The van der Waals surface area contributed by atoms with Crippen molar-refractivity contribution in [1.29, 1.82) is 0 Å². The standard InChI is InChI=1S/C12H12ClNO3S/c1-17-10-3-2-7(13)6-8(10)11(15)14-9-4-5-18-12(9)16/h2-3,6,9H,4-5H2,1H3,(H,14,15)/t9-/m1/s1. The van der Waals surface area contributed by atoms with Crippen molar-refractivity contribution in [3.05, 3.63) is 28.8 Å². The normalized spacial score (nSPS) is 18.8. The van der Waals surface area contributed by atoms with Crippen LogP contribution < -0.4 is 10.1 Å². The second-order valence-corrected chi connectivity index (χ2v) is 5.36. The molecule has 1 heterocycles. The van der Waals surface area contributed by atoms with E-state index in [-0.39, 0.29) is 11.0 Å². The molecule has 0 bridgehead atoms. The van der Waals surface area contributed by atoms with E-state index in [9.17, 15) is 9.59 Å². The highest BCUT2D eigenvalue weighted by atomic mass is 35.5. The summed E-state index contributed by atoms with van der Waals surface area (Å²) in [6.45, 7) is 0. The van der Waals surface area contributed by atoms with Crippen molar-refractivity contribution in [2.45, 2.75) is 12.5 Å². The van der Waals surface area contributed by atoms with E-state index < -0.39 is 6.04 Å². The van der Waals surface area contributed by atoms with Gasteiger partial charge in [-0.25, -0.2) is 0 Å². The Morgan fingerprint density at radius 2 is 2.33 bits per heavy atom. The van der Waals surface area contributed by atoms with Crippen LogP contribution in [0.15, 0.2) is 18.2 Å². The van der Waals surface area contributed by atoms with E-state index in [0.717, 1.165) is 5.75 Å². The fraction of sp³-hybridized carbons (Fsp3) is 0.333. The fourth-order valence-corrected chi connectivity index (χ4v) is 2.83. The molecule has 96 valence electrons. The maximum absolute atomic E-state index is 12.1. The van der Waals surface area contributed by atoms with Crippen LogP contribution in [0, 0.1) is 0 Å². The van der Waals surface area contributed by atoms with E-state index in [1.165, 1.54) is 24.9 Å². The van der Waals surface area contributed by atoms with Crippen molar-refractivity contribution < 1.29 is 14.3 Å². The van der Waals surface area contributed by atoms with Crippen LogP contribution in [0.25, 0.3) is 0 Å². The maximum atomic E-state index is 12.1. The van der Waals surface area contributed by atoms with Crippen LogP contribution in [0.3, 0.4) is 0 Å². The summed E-state index contributed by atoms with van der Waals surface area (Å²) in [4.78, 5) is 23.5. The molecule has 1 aliphatic rings. The van der Waals surface area contributed by atoms with E-state index in [4.69, 9.17) is 16.3 Å². The number of halogens is 1. The van der Waals surface area contributed by atoms with Crippen molar-refractivity contribution in [2.75, 3.05) is 12.9 Å². The van der Waals surface area contributed by atoms with Gasteiger partial charge in [0.25, 0.3) is 5.91 Å². The lowest BCUT2D eigenvalue weighted by Gasteiger charge is -2.12. The lowest BCUT2D eigenvalue weighted by molar-refractivity contribution is -0.112. The van der Waals surface area contributed by atoms with E-state index in [1.54, 1.807) is 12.1 Å². The summed E-state index contributed by atoms with van der Waals surface area (Å²) < 4.78 is 5.10. The van der Waals surface area contributed by atoms with Crippen LogP contribution in [-0.4, -0.2) is 29.9 Å². The molecule has 1 amide bonds. The van der Waals surface area contributed by atoms with Crippen LogP contribution in [0.2, 0.25) is 5.02 Å². The van der Waals surface area contributed by atoms with Gasteiger partial charge in [-0.05, 0) is 24.6 Å². The van der Waals surface area contributed by atoms with Gasteiger partial charge in [-0.1, -0.05) is 23.4 Å². The highest BCUT2D eigenvalue weighted by molar-refractivity contribution is 8.14. The zero-order chi connectivity index (χ0) is 13.1. The number of carbonyl (C=O) groups excluding carboxylic acids is 2. The monoisotopic (exact) mass is 285 g/mol. The maximum Gasteiger partial charge on any atom is 0.255 e. The quantitative estimate of drug-likeness (QED) is 0.924. The minimum absolute atomic E-state index is 0.00402. The molecule has 0 unspecified atom stereocenters. The molecule has 6 heteroatoms. The zero-order valence-electron chi connectivity index (χ0n) is 9.73.